The quantitative estimate of drug-likeness (QED) is 0.479. The summed E-state index contributed by atoms with van der Waals surface area (Å²) in [5.74, 6) is 0.839. The lowest BCUT2D eigenvalue weighted by Crippen LogP contribution is -2.28. The van der Waals surface area contributed by atoms with Gasteiger partial charge in [-0.25, -0.2) is 0 Å². The first kappa shape index (κ1) is 23.5. The maximum absolute atomic E-state index is 12.8. The van der Waals surface area contributed by atoms with Crippen LogP contribution >= 0.6 is 12.2 Å². The number of likely N-dealkylation sites (N-methyl/N-ethyl adjacent to an activating group) is 1. The van der Waals surface area contributed by atoms with Crippen LogP contribution in [-0.4, -0.2) is 53.7 Å². The van der Waals surface area contributed by atoms with Gasteiger partial charge in [-0.05, 0) is 55.6 Å². The first-order valence-electron chi connectivity index (χ1n) is 10.5. The average Bonchev–Trinajstić information content (AvgIpc) is 2.80. The van der Waals surface area contributed by atoms with E-state index < -0.39 is 0 Å². The predicted molar refractivity (Wildman–Crippen MR) is 129 cm³/mol. The van der Waals surface area contributed by atoms with Gasteiger partial charge in [0.2, 0.25) is 0 Å². The van der Waals surface area contributed by atoms with Crippen LogP contribution in [0.1, 0.15) is 24.2 Å². The van der Waals surface area contributed by atoms with Gasteiger partial charge in [-0.15, -0.1) is 0 Å². The van der Waals surface area contributed by atoms with Crippen LogP contribution in [0.5, 0.6) is 11.5 Å². The molecule has 0 aliphatic carbocycles. The summed E-state index contributed by atoms with van der Waals surface area (Å²) in [4.78, 5) is 30.4. The van der Waals surface area contributed by atoms with Crippen LogP contribution in [0.15, 0.2) is 41.2 Å². The Hall–Kier alpha value is -3.17. The van der Waals surface area contributed by atoms with Gasteiger partial charge in [0.15, 0.2) is 16.3 Å². The van der Waals surface area contributed by atoms with Gasteiger partial charge < -0.3 is 24.7 Å². The van der Waals surface area contributed by atoms with E-state index in [-0.39, 0.29) is 11.5 Å². The number of methoxy groups -OCH3 is 1. The average molecular weight is 457 g/mol. The topological polar surface area (TPSA) is 88.6 Å². The Bertz CT molecular complexity index is 1230. The van der Waals surface area contributed by atoms with Crippen LogP contribution in [0.25, 0.3) is 10.9 Å². The highest BCUT2D eigenvalue weighted by Gasteiger charge is 2.12. The normalized spacial score (nSPS) is 11.0. The summed E-state index contributed by atoms with van der Waals surface area (Å²) in [5.41, 5.74) is 1.28. The number of nitrogens with one attached hydrogen (secondary N) is 2. The highest BCUT2D eigenvalue weighted by atomic mass is 32.1. The minimum Gasteiger partial charge on any atom is -0.493 e. The zero-order valence-electron chi connectivity index (χ0n) is 18.7. The van der Waals surface area contributed by atoms with Crippen molar-refractivity contribution < 1.29 is 14.3 Å². The van der Waals surface area contributed by atoms with Crippen LogP contribution in [0, 0.1) is 4.77 Å². The molecular weight excluding hydrogens is 428 g/mol. The lowest BCUT2D eigenvalue weighted by molar-refractivity contribution is 0.102. The summed E-state index contributed by atoms with van der Waals surface area (Å²) in [6, 6.07) is 10.1. The number of hydrogen-bond donors (Lipinski definition) is 2. The second-order valence-corrected chi connectivity index (χ2v) is 7.64. The number of aromatic nitrogens is 2. The Balaban J connectivity index is 1.79. The monoisotopic (exact) mass is 456 g/mol. The molecule has 0 saturated carbocycles. The van der Waals surface area contributed by atoms with E-state index in [1.807, 2.05) is 0 Å². The van der Waals surface area contributed by atoms with Crippen molar-refractivity contribution in [2.45, 2.75) is 13.8 Å². The molecule has 0 fully saturated rings. The summed E-state index contributed by atoms with van der Waals surface area (Å²) in [7, 11) is 3.18. The maximum atomic E-state index is 12.8. The smallest absolute Gasteiger partial charge is 0.261 e. The minimum absolute atomic E-state index is 0.211. The fourth-order valence-electron chi connectivity index (χ4n) is 3.34. The Morgan fingerprint density at radius 2 is 1.91 bits per heavy atom. The molecule has 0 unspecified atom stereocenters. The van der Waals surface area contributed by atoms with E-state index in [4.69, 9.17) is 21.7 Å². The molecule has 8 nitrogen and oxygen atoms in total. The number of H-pyrrole nitrogens is 1. The van der Waals surface area contributed by atoms with Gasteiger partial charge in [-0.2, -0.15) is 0 Å². The van der Waals surface area contributed by atoms with Crippen LogP contribution < -0.4 is 20.3 Å². The van der Waals surface area contributed by atoms with Crippen molar-refractivity contribution in [3.05, 3.63) is 57.1 Å². The predicted octanol–water partition coefficient (Wildman–Crippen LogP) is 3.58. The lowest BCUT2D eigenvalue weighted by atomic mass is 10.1. The van der Waals surface area contributed by atoms with Gasteiger partial charge in [-0.3, -0.25) is 14.2 Å². The molecule has 3 rings (SSSR count). The Morgan fingerprint density at radius 1 is 1.16 bits per heavy atom. The van der Waals surface area contributed by atoms with Gasteiger partial charge in [-0.1, -0.05) is 13.8 Å². The molecule has 32 heavy (non-hydrogen) atoms. The number of amides is 1. The van der Waals surface area contributed by atoms with Crippen molar-refractivity contribution in [3.8, 4) is 11.5 Å². The van der Waals surface area contributed by atoms with Crippen LogP contribution in [0.2, 0.25) is 0 Å². The second-order valence-electron chi connectivity index (χ2n) is 7.25. The van der Waals surface area contributed by atoms with Crippen molar-refractivity contribution >= 4 is 34.7 Å². The van der Waals surface area contributed by atoms with E-state index in [0.717, 1.165) is 19.6 Å². The van der Waals surface area contributed by atoms with E-state index in [2.05, 4.69) is 29.0 Å². The Labute approximate surface area is 191 Å². The molecule has 0 bridgehead atoms. The zero-order valence-corrected chi connectivity index (χ0v) is 19.5. The molecule has 0 aliphatic rings. The summed E-state index contributed by atoms with van der Waals surface area (Å²) >= 11 is 5.16. The van der Waals surface area contributed by atoms with E-state index in [1.54, 1.807) is 50.6 Å². The number of hydrogen-bond acceptors (Lipinski definition) is 6. The fourth-order valence-corrected chi connectivity index (χ4v) is 3.54. The summed E-state index contributed by atoms with van der Waals surface area (Å²) < 4.78 is 12.9. The zero-order chi connectivity index (χ0) is 23.3. The Morgan fingerprint density at radius 3 is 2.59 bits per heavy atom. The molecule has 0 aliphatic heterocycles. The third-order valence-electron chi connectivity index (χ3n) is 5.34. The largest absolute Gasteiger partial charge is 0.493 e. The van der Waals surface area contributed by atoms with E-state index in [0.29, 0.717) is 45.0 Å². The first-order chi connectivity index (χ1) is 15.4. The number of benzene rings is 2. The molecule has 2 aromatic carbocycles. The van der Waals surface area contributed by atoms with Crippen molar-refractivity contribution in [3.63, 3.8) is 0 Å². The highest BCUT2D eigenvalue weighted by Crippen LogP contribution is 2.30. The van der Waals surface area contributed by atoms with Gasteiger partial charge in [0.05, 0.1) is 18.0 Å². The van der Waals surface area contributed by atoms with Gasteiger partial charge in [0.25, 0.3) is 11.5 Å². The van der Waals surface area contributed by atoms with Gasteiger partial charge in [0, 0.05) is 30.9 Å². The fraction of sp³-hybridized carbons (Fsp3) is 0.348. The number of fused-ring (bicyclic) bond motifs is 1. The number of anilines is 1. The van der Waals surface area contributed by atoms with Gasteiger partial charge in [0.1, 0.15) is 6.61 Å². The van der Waals surface area contributed by atoms with E-state index in [1.165, 1.54) is 4.57 Å². The molecule has 0 saturated heterocycles. The maximum Gasteiger partial charge on any atom is 0.261 e. The molecule has 0 radical (unpaired) electrons. The molecule has 9 heteroatoms. The van der Waals surface area contributed by atoms with Crippen molar-refractivity contribution in [2.75, 3.05) is 38.7 Å². The van der Waals surface area contributed by atoms with Crippen LogP contribution in [0.4, 0.5) is 5.69 Å². The lowest BCUT2D eigenvalue weighted by Gasteiger charge is -2.19. The number of carbonyl (C=O) groups is 1. The SMILES string of the molecule is CCN(CC)CCOc1cc(NC(=O)c2ccc3c(=O)n(C)c(=S)[nH]c3c2)ccc1OC. The Kier molecular flexibility index (Phi) is 7.66. The van der Waals surface area contributed by atoms with Crippen molar-refractivity contribution in [2.24, 2.45) is 7.05 Å². The second kappa shape index (κ2) is 10.4. The molecule has 2 N–H and O–H groups in total. The van der Waals surface area contributed by atoms with Crippen molar-refractivity contribution in [1.82, 2.24) is 14.5 Å². The molecule has 1 aromatic heterocycles. The summed E-state index contributed by atoms with van der Waals surface area (Å²) in [5, 5.41) is 3.33. The van der Waals surface area contributed by atoms with E-state index in [9.17, 15) is 9.59 Å². The number of rotatable bonds is 9. The summed E-state index contributed by atoms with van der Waals surface area (Å²) in [6.07, 6.45) is 0. The standard InChI is InChI=1S/C23H28N4O4S/c1-5-27(6-2)11-12-31-20-14-16(8-10-19(20)30-4)24-21(28)15-7-9-17-18(13-15)25-23(32)26(3)22(17)29/h7-10,13-14H,5-6,11-12H2,1-4H3,(H,24,28)(H,25,32). The molecule has 0 spiro atoms. The number of carbonyl (C=O) groups excluding carboxylic acids is 1. The summed E-state index contributed by atoms with van der Waals surface area (Å²) in [6.45, 7) is 7.43. The minimum atomic E-state index is -0.314. The first-order valence-corrected chi connectivity index (χ1v) is 10.9. The highest BCUT2D eigenvalue weighted by molar-refractivity contribution is 7.71. The third kappa shape index (κ3) is 5.17. The molecule has 0 atom stereocenters. The number of ether oxygens (including phenoxy) is 2. The molecule has 170 valence electrons. The van der Waals surface area contributed by atoms with Crippen LogP contribution in [-0.2, 0) is 7.05 Å². The molecule has 3 aromatic rings. The van der Waals surface area contributed by atoms with Crippen LogP contribution in [0.3, 0.4) is 0 Å². The van der Waals surface area contributed by atoms with Gasteiger partial charge >= 0.3 is 0 Å². The molecule has 1 amide bonds. The molecular formula is C23H28N4O4S. The molecule has 1 heterocycles. The van der Waals surface area contributed by atoms with Crippen molar-refractivity contribution in [1.29, 1.82) is 0 Å². The third-order valence-corrected chi connectivity index (χ3v) is 5.72. The van der Waals surface area contributed by atoms with E-state index >= 15 is 0 Å². The number of nitrogens with zero attached hydrogens (tertiary/aromatic N) is 2. The number of aromatic amines is 1.